The van der Waals surface area contributed by atoms with Gasteiger partial charge in [0.05, 0.1) is 5.41 Å². The van der Waals surface area contributed by atoms with Gasteiger partial charge in [0.25, 0.3) is 0 Å². The Kier molecular flexibility index (Phi) is 7.12. The highest BCUT2D eigenvalue weighted by Gasteiger charge is 2.52. The van der Waals surface area contributed by atoms with Crippen LogP contribution in [0.4, 0.5) is 17.1 Å². The van der Waals surface area contributed by atoms with Crippen LogP contribution in [0.1, 0.15) is 72.2 Å². The molecule has 1 spiro atoms. The molecule has 0 aliphatic heterocycles. The van der Waals surface area contributed by atoms with Crippen LogP contribution < -0.4 is 4.90 Å². The van der Waals surface area contributed by atoms with E-state index in [1.165, 1.54) is 100 Å². The van der Waals surface area contributed by atoms with E-state index in [1.807, 2.05) is 0 Å². The molecule has 0 fully saturated rings. The topological polar surface area (TPSA) is 3.24 Å². The molecular weight excluding hydrogens is 747 g/mol. The predicted octanol–water partition coefficient (Wildman–Crippen LogP) is 15.8. The zero-order valence-corrected chi connectivity index (χ0v) is 35.5. The van der Waals surface area contributed by atoms with Gasteiger partial charge in [-0.1, -0.05) is 191 Å². The molecule has 9 aromatic rings. The molecule has 0 N–H and O–H groups in total. The molecule has 62 heavy (non-hydrogen) atoms. The minimum Gasteiger partial charge on any atom is -0.310 e. The molecule has 0 radical (unpaired) electrons. The highest BCUT2D eigenvalue weighted by Crippen LogP contribution is 2.64. The first-order valence-corrected chi connectivity index (χ1v) is 22.1. The number of fused-ring (bicyclic) bond motifs is 16. The highest BCUT2D eigenvalue weighted by atomic mass is 15.1. The standard InChI is InChI=1S/C61H45N/c1-59(2)51-26-10-5-19-43(51)48-33-31-40(36-56(48)59)62(41-32-34-49-44-20-6-11-27-52(44)60(3,4)57(49)37-41)39-18-15-17-38(35-39)42-24-16-25-50-47-23-9-14-30-55(47)61(58(42)50)53-28-12-7-21-45(53)46-22-8-13-29-54(46)61/h5-37H,1-4H3. The number of benzene rings is 9. The van der Waals surface area contributed by atoms with E-state index in [0.717, 1.165) is 17.1 Å². The Labute approximate surface area is 364 Å². The van der Waals surface area contributed by atoms with Crippen LogP contribution in [0.5, 0.6) is 0 Å². The first-order chi connectivity index (χ1) is 30.3. The molecule has 9 aromatic carbocycles. The number of hydrogen-bond acceptors (Lipinski definition) is 1. The molecule has 0 saturated carbocycles. The van der Waals surface area contributed by atoms with E-state index in [1.54, 1.807) is 0 Å². The Morgan fingerprint density at radius 1 is 0.274 bits per heavy atom. The third-order valence-electron chi connectivity index (χ3n) is 15.1. The summed E-state index contributed by atoms with van der Waals surface area (Å²) in [7, 11) is 0. The van der Waals surface area contributed by atoms with Gasteiger partial charge in [0.15, 0.2) is 0 Å². The van der Waals surface area contributed by atoms with Crippen LogP contribution in [-0.4, -0.2) is 0 Å². The lowest BCUT2D eigenvalue weighted by Gasteiger charge is -2.32. The van der Waals surface area contributed by atoms with Crippen molar-refractivity contribution in [3.8, 4) is 55.6 Å². The smallest absolute Gasteiger partial charge is 0.0731 e. The molecule has 0 heterocycles. The maximum Gasteiger partial charge on any atom is 0.0731 e. The summed E-state index contributed by atoms with van der Waals surface area (Å²) in [6.07, 6.45) is 0. The summed E-state index contributed by atoms with van der Waals surface area (Å²) in [5.74, 6) is 0. The minimum absolute atomic E-state index is 0.126. The van der Waals surface area contributed by atoms with E-state index >= 15 is 0 Å². The summed E-state index contributed by atoms with van der Waals surface area (Å²) in [5.41, 5.74) is 26.8. The summed E-state index contributed by atoms with van der Waals surface area (Å²) in [4.78, 5) is 2.51. The van der Waals surface area contributed by atoms with Crippen LogP contribution in [0.2, 0.25) is 0 Å². The van der Waals surface area contributed by atoms with Gasteiger partial charge in [-0.25, -0.2) is 0 Å². The van der Waals surface area contributed by atoms with Crippen LogP contribution >= 0.6 is 0 Å². The zero-order chi connectivity index (χ0) is 41.5. The second-order valence-corrected chi connectivity index (χ2v) is 18.8. The maximum atomic E-state index is 2.51. The van der Waals surface area contributed by atoms with Crippen molar-refractivity contribution in [2.75, 3.05) is 4.90 Å². The van der Waals surface area contributed by atoms with Gasteiger partial charge >= 0.3 is 0 Å². The van der Waals surface area contributed by atoms with Crippen molar-refractivity contribution in [2.24, 2.45) is 0 Å². The summed E-state index contributed by atoms with van der Waals surface area (Å²) in [6, 6.07) is 75.9. The van der Waals surface area contributed by atoms with Gasteiger partial charge in [-0.2, -0.15) is 0 Å². The number of rotatable bonds is 4. The molecule has 4 aliphatic carbocycles. The maximum absolute atomic E-state index is 2.51. The van der Waals surface area contributed by atoms with Crippen molar-refractivity contribution < 1.29 is 0 Å². The average molecular weight is 792 g/mol. The summed E-state index contributed by atoms with van der Waals surface area (Å²) < 4.78 is 0. The molecule has 1 nitrogen and oxygen atoms in total. The van der Waals surface area contributed by atoms with Crippen molar-refractivity contribution in [1.82, 2.24) is 0 Å². The summed E-state index contributed by atoms with van der Waals surface area (Å²) in [5, 5.41) is 0. The fourth-order valence-corrected chi connectivity index (χ4v) is 12.3. The number of nitrogens with zero attached hydrogens (tertiary/aromatic N) is 1. The van der Waals surface area contributed by atoms with Crippen LogP contribution in [-0.2, 0) is 16.2 Å². The number of hydrogen-bond donors (Lipinski definition) is 0. The third-order valence-corrected chi connectivity index (χ3v) is 15.1. The van der Waals surface area contributed by atoms with E-state index in [9.17, 15) is 0 Å². The van der Waals surface area contributed by atoms with E-state index in [-0.39, 0.29) is 10.8 Å². The molecule has 0 unspecified atom stereocenters. The van der Waals surface area contributed by atoms with Crippen LogP contribution in [0.15, 0.2) is 200 Å². The summed E-state index contributed by atoms with van der Waals surface area (Å²) in [6.45, 7) is 9.52. The highest BCUT2D eigenvalue weighted by molar-refractivity contribution is 5.99. The first kappa shape index (κ1) is 35.5. The Balaban J connectivity index is 1.04. The molecule has 13 rings (SSSR count). The van der Waals surface area contributed by atoms with Gasteiger partial charge < -0.3 is 4.90 Å². The lowest BCUT2D eigenvalue weighted by Crippen LogP contribution is -2.26. The van der Waals surface area contributed by atoms with Gasteiger partial charge in [-0.05, 0) is 137 Å². The van der Waals surface area contributed by atoms with Gasteiger partial charge in [0.1, 0.15) is 0 Å². The monoisotopic (exact) mass is 791 g/mol. The van der Waals surface area contributed by atoms with Crippen molar-refractivity contribution in [2.45, 2.75) is 43.9 Å². The van der Waals surface area contributed by atoms with Crippen LogP contribution in [0.25, 0.3) is 55.6 Å². The molecule has 0 amide bonds. The molecule has 4 aliphatic rings. The first-order valence-electron chi connectivity index (χ1n) is 22.1. The zero-order valence-electron chi connectivity index (χ0n) is 35.5. The quantitative estimate of drug-likeness (QED) is 0.172. The van der Waals surface area contributed by atoms with Crippen molar-refractivity contribution >= 4 is 17.1 Å². The average Bonchev–Trinajstić information content (AvgIpc) is 3.94. The van der Waals surface area contributed by atoms with Gasteiger partial charge in [0, 0.05) is 27.9 Å². The van der Waals surface area contributed by atoms with E-state index in [0.29, 0.717) is 0 Å². The number of anilines is 3. The second-order valence-electron chi connectivity index (χ2n) is 18.8. The minimum atomic E-state index is -0.438. The molecule has 0 bridgehead atoms. The summed E-state index contributed by atoms with van der Waals surface area (Å²) >= 11 is 0. The Morgan fingerprint density at radius 3 is 1.13 bits per heavy atom. The van der Waals surface area contributed by atoms with Crippen LogP contribution in [0, 0.1) is 0 Å². The molecule has 294 valence electrons. The lowest BCUT2D eigenvalue weighted by molar-refractivity contribution is 0.660. The normalized spacial score (nSPS) is 15.5. The SMILES string of the molecule is CC1(C)c2ccccc2-c2ccc(N(c3cccc(-c4cccc5c4C4(c6ccccc6-c6ccccc64)c4ccccc4-5)c3)c3ccc4c(c3)C(C)(C)c3ccccc3-4)cc21. The van der Waals surface area contributed by atoms with Gasteiger partial charge in [-0.15, -0.1) is 0 Å². The van der Waals surface area contributed by atoms with Gasteiger partial charge in [0.2, 0.25) is 0 Å². The lowest BCUT2D eigenvalue weighted by atomic mass is 9.68. The van der Waals surface area contributed by atoms with E-state index in [2.05, 4.69) is 233 Å². The molecule has 0 saturated heterocycles. The fourth-order valence-electron chi connectivity index (χ4n) is 12.3. The van der Waals surface area contributed by atoms with Gasteiger partial charge in [-0.3, -0.25) is 0 Å². The predicted molar refractivity (Wildman–Crippen MR) is 258 cm³/mol. The Hall–Kier alpha value is -7.22. The van der Waals surface area contributed by atoms with Crippen molar-refractivity contribution in [3.05, 3.63) is 245 Å². The molecule has 1 heteroatoms. The van der Waals surface area contributed by atoms with Crippen molar-refractivity contribution in [3.63, 3.8) is 0 Å². The fraction of sp³-hybridized carbons (Fsp3) is 0.115. The van der Waals surface area contributed by atoms with Crippen molar-refractivity contribution in [1.29, 1.82) is 0 Å². The van der Waals surface area contributed by atoms with E-state index in [4.69, 9.17) is 0 Å². The van der Waals surface area contributed by atoms with E-state index < -0.39 is 5.41 Å². The molecule has 0 aromatic heterocycles. The molecular formula is C61H45N. The Bertz CT molecular complexity index is 3210. The second kappa shape index (κ2) is 12.4. The largest absolute Gasteiger partial charge is 0.310 e. The third kappa shape index (κ3) is 4.48. The van der Waals surface area contributed by atoms with Crippen LogP contribution in [0.3, 0.4) is 0 Å². The molecule has 0 atom stereocenters. The Morgan fingerprint density at radius 2 is 0.629 bits per heavy atom.